The summed E-state index contributed by atoms with van der Waals surface area (Å²) in [6.07, 6.45) is 4.69. The lowest BCUT2D eigenvalue weighted by molar-refractivity contribution is 0.161. The van der Waals surface area contributed by atoms with E-state index >= 15 is 0 Å². The van der Waals surface area contributed by atoms with Crippen molar-refractivity contribution in [1.29, 1.82) is 0 Å². The van der Waals surface area contributed by atoms with Gasteiger partial charge in [0.15, 0.2) is 0 Å². The predicted molar refractivity (Wildman–Crippen MR) is 76.4 cm³/mol. The number of aliphatic hydroxyl groups excluding tert-OH is 1. The summed E-state index contributed by atoms with van der Waals surface area (Å²) in [4.78, 5) is 0. The molecule has 1 saturated heterocycles. The molecule has 2 atom stereocenters. The molecule has 1 aliphatic rings. The van der Waals surface area contributed by atoms with Gasteiger partial charge in [0.25, 0.3) is 0 Å². The van der Waals surface area contributed by atoms with Crippen molar-refractivity contribution in [1.82, 2.24) is 15.0 Å². The van der Waals surface area contributed by atoms with Crippen LogP contribution in [0.5, 0.6) is 0 Å². The van der Waals surface area contributed by atoms with E-state index in [-0.39, 0.29) is 5.25 Å². The van der Waals surface area contributed by atoms with Gasteiger partial charge in [0.05, 0.1) is 17.6 Å². The molecule has 0 radical (unpaired) electrons. The highest BCUT2D eigenvalue weighted by Crippen LogP contribution is 2.34. The van der Waals surface area contributed by atoms with Crippen LogP contribution in [0.4, 0.5) is 0 Å². The lowest BCUT2D eigenvalue weighted by Gasteiger charge is -2.26. The maximum atomic E-state index is 10.6. The van der Waals surface area contributed by atoms with Crippen LogP contribution in [-0.2, 0) is 0 Å². The fourth-order valence-corrected chi connectivity index (χ4v) is 3.75. The van der Waals surface area contributed by atoms with Gasteiger partial charge in [-0.2, -0.15) is 11.8 Å². The van der Waals surface area contributed by atoms with Crippen LogP contribution >= 0.6 is 11.8 Å². The number of benzene rings is 1. The Labute approximate surface area is 116 Å². The van der Waals surface area contributed by atoms with Crippen molar-refractivity contribution in [3.8, 4) is 5.69 Å². The van der Waals surface area contributed by atoms with Crippen molar-refractivity contribution in [2.75, 3.05) is 5.75 Å². The van der Waals surface area contributed by atoms with Crippen molar-refractivity contribution in [3.05, 3.63) is 42.2 Å². The molecule has 0 amide bonds. The standard InChI is InChI=1S/C14H17N3OS/c18-14(13-8-4-5-9-19-13)12-10-15-16-17(12)11-6-2-1-3-7-11/h1-3,6-7,10,13-14,18H,4-5,8-9H2. The molecule has 4 nitrogen and oxygen atoms in total. The third kappa shape index (κ3) is 2.67. The molecule has 1 aromatic heterocycles. The van der Waals surface area contributed by atoms with Gasteiger partial charge in [-0.05, 0) is 30.7 Å². The summed E-state index contributed by atoms with van der Waals surface area (Å²) in [6.45, 7) is 0. The normalized spacial score (nSPS) is 21.2. The number of nitrogens with zero attached hydrogens (tertiary/aromatic N) is 3. The van der Waals surface area contributed by atoms with Crippen LogP contribution in [0.15, 0.2) is 36.5 Å². The maximum Gasteiger partial charge on any atom is 0.110 e. The molecule has 3 rings (SSSR count). The minimum Gasteiger partial charge on any atom is -0.386 e. The number of hydrogen-bond donors (Lipinski definition) is 1. The molecule has 0 saturated carbocycles. The topological polar surface area (TPSA) is 50.9 Å². The van der Waals surface area contributed by atoms with E-state index in [9.17, 15) is 5.11 Å². The van der Waals surface area contributed by atoms with E-state index in [2.05, 4.69) is 10.3 Å². The summed E-state index contributed by atoms with van der Waals surface area (Å²) < 4.78 is 1.74. The predicted octanol–water partition coefficient (Wildman–Crippen LogP) is 2.59. The summed E-state index contributed by atoms with van der Waals surface area (Å²) in [5, 5.41) is 18.9. The van der Waals surface area contributed by atoms with E-state index in [0.717, 1.165) is 23.6 Å². The molecule has 1 aromatic carbocycles. The van der Waals surface area contributed by atoms with Gasteiger partial charge >= 0.3 is 0 Å². The van der Waals surface area contributed by atoms with Gasteiger partial charge in [-0.25, -0.2) is 4.68 Å². The second-order valence-corrected chi connectivity index (χ2v) is 6.10. The number of thioether (sulfide) groups is 1. The third-order valence-corrected chi connectivity index (χ3v) is 4.89. The number of para-hydroxylation sites is 1. The second kappa shape index (κ2) is 5.75. The van der Waals surface area contributed by atoms with E-state index in [1.807, 2.05) is 42.1 Å². The molecular formula is C14H17N3OS. The highest BCUT2D eigenvalue weighted by Gasteiger charge is 2.27. The fraction of sp³-hybridized carbons (Fsp3) is 0.429. The van der Waals surface area contributed by atoms with Gasteiger partial charge in [0, 0.05) is 5.25 Å². The number of hydrogen-bond acceptors (Lipinski definition) is 4. The number of aliphatic hydroxyl groups is 1. The van der Waals surface area contributed by atoms with E-state index < -0.39 is 6.10 Å². The summed E-state index contributed by atoms with van der Waals surface area (Å²) in [5.41, 5.74) is 1.72. The van der Waals surface area contributed by atoms with E-state index in [0.29, 0.717) is 0 Å². The largest absolute Gasteiger partial charge is 0.386 e. The van der Waals surface area contributed by atoms with Gasteiger partial charge in [-0.15, -0.1) is 5.10 Å². The van der Waals surface area contributed by atoms with Crippen molar-refractivity contribution in [2.24, 2.45) is 0 Å². The Hall–Kier alpha value is -1.33. The molecule has 2 unspecified atom stereocenters. The molecule has 5 heteroatoms. The quantitative estimate of drug-likeness (QED) is 0.935. The van der Waals surface area contributed by atoms with Gasteiger partial charge in [-0.3, -0.25) is 0 Å². The van der Waals surface area contributed by atoms with Gasteiger partial charge in [0.2, 0.25) is 0 Å². The molecule has 0 spiro atoms. The van der Waals surface area contributed by atoms with Gasteiger partial charge in [-0.1, -0.05) is 29.8 Å². The molecule has 2 heterocycles. The van der Waals surface area contributed by atoms with Crippen LogP contribution < -0.4 is 0 Å². The lowest BCUT2D eigenvalue weighted by atomic mass is 10.1. The van der Waals surface area contributed by atoms with Crippen LogP contribution in [-0.4, -0.2) is 31.1 Å². The highest BCUT2D eigenvalue weighted by molar-refractivity contribution is 7.99. The molecular weight excluding hydrogens is 258 g/mol. The Morgan fingerprint density at radius 2 is 2.11 bits per heavy atom. The Bertz CT molecular complexity index is 522. The molecule has 19 heavy (non-hydrogen) atoms. The van der Waals surface area contributed by atoms with E-state index in [4.69, 9.17) is 0 Å². The Kier molecular flexibility index (Phi) is 3.84. The average molecular weight is 275 g/mol. The summed E-state index contributed by atoms with van der Waals surface area (Å²) in [6, 6.07) is 9.83. The monoisotopic (exact) mass is 275 g/mol. The highest BCUT2D eigenvalue weighted by atomic mass is 32.2. The van der Waals surface area contributed by atoms with Gasteiger partial charge < -0.3 is 5.11 Å². The van der Waals surface area contributed by atoms with Crippen LogP contribution in [0.2, 0.25) is 0 Å². The molecule has 0 aliphatic carbocycles. The van der Waals surface area contributed by atoms with Gasteiger partial charge in [0.1, 0.15) is 6.10 Å². The van der Waals surface area contributed by atoms with Crippen molar-refractivity contribution >= 4 is 11.8 Å². The molecule has 100 valence electrons. The maximum absolute atomic E-state index is 10.6. The second-order valence-electron chi connectivity index (χ2n) is 4.76. The van der Waals surface area contributed by atoms with E-state index in [1.165, 1.54) is 12.8 Å². The zero-order chi connectivity index (χ0) is 13.1. The first-order valence-electron chi connectivity index (χ1n) is 6.62. The Balaban J connectivity index is 1.87. The van der Waals surface area contributed by atoms with Crippen LogP contribution in [0.25, 0.3) is 5.69 Å². The van der Waals surface area contributed by atoms with Crippen LogP contribution in [0.1, 0.15) is 31.1 Å². The third-order valence-electron chi connectivity index (χ3n) is 3.45. The lowest BCUT2D eigenvalue weighted by Crippen LogP contribution is -2.21. The summed E-state index contributed by atoms with van der Waals surface area (Å²) >= 11 is 1.85. The van der Waals surface area contributed by atoms with E-state index in [1.54, 1.807) is 10.9 Å². The van der Waals surface area contributed by atoms with Crippen LogP contribution in [0.3, 0.4) is 0 Å². The first-order valence-corrected chi connectivity index (χ1v) is 7.67. The van der Waals surface area contributed by atoms with Crippen molar-refractivity contribution in [2.45, 2.75) is 30.6 Å². The minimum absolute atomic E-state index is 0.259. The molecule has 0 bridgehead atoms. The zero-order valence-electron chi connectivity index (χ0n) is 10.6. The minimum atomic E-state index is -0.500. The molecule has 2 aromatic rings. The number of aromatic nitrogens is 3. The summed E-state index contributed by atoms with van der Waals surface area (Å²) in [7, 11) is 0. The molecule has 1 aliphatic heterocycles. The van der Waals surface area contributed by atoms with Crippen molar-refractivity contribution in [3.63, 3.8) is 0 Å². The first-order chi connectivity index (χ1) is 9.36. The molecule has 1 N–H and O–H groups in total. The zero-order valence-corrected chi connectivity index (χ0v) is 11.5. The fourth-order valence-electron chi connectivity index (χ4n) is 2.42. The smallest absolute Gasteiger partial charge is 0.110 e. The van der Waals surface area contributed by atoms with Crippen LogP contribution in [0, 0.1) is 0 Å². The average Bonchev–Trinajstić information content (AvgIpc) is 2.98. The molecule has 1 fully saturated rings. The number of rotatable bonds is 3. The van der Waals surface area contributed by atoms with Crippen molar-refractivity contribution < 1.29 is 5.11 Å². The first kappa shape index (κ1) is 12.7. The Morgan fingerprint density at radius 1 is 1.26 bits per heavy atom. The SMILES string of the molecule is OC(c1cnnn1-c1ccccc1)C1CCCCS1. The summed E-state index contributed by atoms with van der Waals surface area (Å²) in [5.74, 6) is 1.13. The Morgan fingerprint density at radius 3 is 2.84 bits per heavy atom.